The predicted molar refractivity (Wildman–Crippen MR) is 54.5 cm³/mol. The van der Waals surface area contributed by atoms with Crippen molar-refractivity contribution >= 4 is 5.91 Å². The first-order valence-electron chi connectivity index (χ1n) is 4.66. The summed E-state index contributed by atoms with van der Waals surface area (Å²) in [5.41, 5.74) is 7.31. The molecular formula is C10H13FN2O3. The number of carbonyl (C=O) groups is 1. The Morgan fingerprint density at radius 2 is 2.25 bits per heavy atom. The number of benzene rings is 1. The molecule has 0 aliphatic heterocycles. The number of aliphatic hydroxyl groups is 1. The molecular weight excluding hydrogens is 215 g/mol. The van der Waals surface area contributed by atoms with E-state index in [1.807, 2.05) is 0 Å². The third-order valence-corrected chi connectivity index (χ3v) is 1.86. The highest BCUT2D eigenvalue weighted by molar-refractivity contribution is 5.74. The van der Waals surface area contributed by atoms with Gasteiger partial charge in [0, 0.05) is 5.56 Å². The molecule has 88 valence electrons. The third kappa shape index (κ3) is 3.93. The first-order chi connectivity index (χ1) is 7.61. The number of nitrogens with two attached hydrogens (primary N) is 1. The zero-order chi connectivity index (χ0) is 12.0. The molecule has 0 aliphatic carbocycles. The molecule has 0 saturated heterocycles. The van der Waals surface area contributed by atoms with Gasteiger partial charge in [-0.2, -0.15) is 5.48 Å². The zero-order valence-corrected chi connectivity index (χ0v) is 8.52. The molecule has 5 nitrogen and oxygen atoms in total. The minimum absolute atomic E-state index is 0.0335. The van der Waals surface area contributed by atoms with Crippen LogP contribution in [0.15, 0.2) is 24.3 Å². The number of aliphatic hydroxyl groups excluding tert-OH is 1. The summed E-state index contributed by atoms with van der Waals surface area (Å²) in [7, 11) is 0. The van der Waals surface area contributed by atoms with Crippen molar-refractivity contribution in [2.75, 3.05) is 13.2 Å². The number of hydrogen-bond donors (Lipinski definition) is 3. The largest absolute Gasteiger partial charge is 0.387 e. The van der Waals surface area contributed by atoms with Crippen LogP contribution in [-0.2, 0) is 9.63 Å². The van der Waals surface area contributed by atoms with Crippen molar-refractivity contribution in [3.05, 3.63) is 35.6 Å². The molecule has 0 heterocycles. The van der Waals surface area contributed by atoms with Crippen LogP contribution < -0.4 is 11.2 Å². The van der Waals surface area contributed by atoms with Crippen LogP contribution in [0, 0.1) is 5.82 Å². The van der Waals surface area contributed by atoms with Gasteiger partial charge in [-0.15, -0.1) is 0 Å². The van der Waals surface area contributed by atoms with Gasteiger partial charge in [0.05, 0.1) is 12.6 Å². The Morgan fingerprint density at radius 1 is 1.56 bits per heavy atom. The highest BCUT2D eigenvalue weighted by atomic mass is 19.1. The van der Waals surface area contributed by atoms with E-state index >= 15 is 0 Å². The maximum absolute atomic E-state index is 13.2. The van der Waals surface area contributed by atoms with Gasteiger partial charge in [0.2, 0.25) is 5.91 Å². The van der Waals surface area contributed by atoms with Crippen molar-refractivity contribution in [1.82, 2.24) is 5.48 Å². The van der Waals surface area contributed by atoms with Crippen LogP contribution in [0.1, 0.15) is 11.7 Å². The van der Waals surface area contributed by atoms with Gasteiger partial charge in [-0.05, 0) is 6.07 Å². The Hall–Kier alpha value is -1.50. The van der Waals surface area contributed by atoms with E-state index in [1.54, 1.807) is 6.07 Å². The van der Waals surface area contributed by atoms with Gasteiger partial charge in [0.1, 0.15) is 12.4 Å². The number of nitrogens with one attached hydrogen (secondary N) is 1. The third-order valence-electron chi connectivity index (χ3n) is 1.86. The molecule has 1 rings (SSSR count). The number of hydroxylamine groups is 1. The molecule has 0 bridgehead atoms. The van der Waals surface area contributed by atoms with Crippen LogP contribution >= 0.6 is 0 Å². The summed E-state index contributed by atoms with van der Waals surface area (Å²) in [6.07, 6.45) is -1.05. The van der Waals surface area contributed by atoms with E-state index in [1.165, 1.54) is 18.2 Å². The summed E-state index contributed by atoms with van der Waals surface area (Å²) >= 11 is 0. The summed E-state index contributed by atoms with van der Waals surface area (Å²) in [5.74, 6) is -1.13. The van der Waals surface area contributed by atoms with E-state index in [2.05, 4.69) is 10.3 Å². The second kappa shape index (κ2) is 6.16. The molecule has 4 N–H and O–H groups in total. The number of primary amides is 1. The molecule has 0 radical (unpaired) electrons. The molecule has 1 aromatic rings. The van der Waals surface area contributed by atoms with Crippen molar-refractivity contribution in [3.8, 4) is 0 Å². The highest BCUT2D eigenvalue weighted by Crippen LogP contribution is 2.15. The molecule has 0 aromatic heterocycles. The number of amides is 1. The molecule has 1 amide bonds. The topological polar surface area (TPSA) is 84.6 Å². The summed E-state index contributed by atoms with van der Waals surface area (Å²) in [5, 5.41) is 9.57. The highest BCUT2D eigenvalue weighted by Gasteiger charge is 2.11. The Labute approximate surface area is 92.0 Å². The molecule has 0 fully saturated rings. The average molecular weight is 228 g/mol. The van der Waals surface area contributed by atoms with E-state index in [9.17, 15) is 14.3 Å². The molecule has 0 saturated carbocycles. The standard InChI is InChI=1S/C10H13FN2O3/c11-8-4-2-1-3-7(8)9(14)5-13-16-6-10(12)15/h1-4,9,13-14H,5-6H2,(H2,12,15). The fourth-order valence-electron chi connectivity index (χ4n) is 1.12. The van der Waals surface area contributed by atoms with Crippen molar-refractivity contribution in [2.45, 2.75) is 6.10 Å². The fourth-order valence-corrected chi connectivity index (χ4v) is 1.12. The molecule has 0 spiro atoms. The number of halogens is 1. The Balaban J connectivity index is 2.38. The Kier molecular flexibility index (Phi) is 4.84. The summed E-state index contributed by atoms with van der Waals surface area (Å²) in [6.45, 7) is -0.335. The molecule has 16 heavy (non-hydrogen) atoms. The lowest BCUT2D eigenvalue weighted by Gasteiger charge is -2.12. The van der Waals surface area contributed by atoms with Crippen LogP contribution in [0.25, 0.3) is 0 Å². The fraction of sp³-hybridized carbons (Fsp3) is 0.300. The van der Waals surface area contributed by atoms with Crippen molar-refractivity contribution < 1.29 is 19.1 Å². The smallest absolute Gasteiger partial charge is 0.245 e. The molecule has 1 atom stereocenters. The normalized spacial score (nSPS) is 12.4. The maximum Gasteiger partial charge on any atom is 0.245 e. The SMILES string of the molecule is NC(=O)CONCC(O)c1ccccc1F. The minimum atomic E-state index is -1.05. The quantitative estimate of drug-likeness (QED) is 0.467. The monoisotopic (exact) mass is 228 g/mol. The zero-order valence-electron chi connectivity index (χ0n) is 8.52. The summed E-state index contributed by atoms with van der Waals surface area (Å²) in [6, 6.07) is 5.87. The van der Waals surface area contributed by atoms with Crippen LogP contribution in [0.4, 0.5) is 4.39 Å². The number of hydrogen-bond acceptors (Lipinski definition) is 4. The van der Waals surface area contributed by atoms with Crippen LogP contribution in [-0.4, -0.2) is 24.2 Å². The summed E-state index contributed by atoms with van der Waals surface area (Å²) in [4.78, 5) is 14.9. The van der Waals surface area contributed by atoms with Crippen LogP contribution in [0.2, 0.25) is 0 Å². The second-order valence-corrected chi connectivity index (χ2v) is 3.14. The van der Waals surface area contributed by atoms with E-state index in [4.69, 9.17) is 5.73 Å². The minimum Gasteiger partial charge on any atom is -0.387 e. The van der Waals surface area contributed by atoms with Gasteiger partial charge in [-0.3, -0.25) is 9.63 Å². The van der Waals surface area contributed by atoms with E-state index in [0.717, 1.165) is 0 Å². The van der Waals surface area contributed by atoms with E-state index < -0.39 is 17.8 Å². The maximum atomic E-state index is 13.2. The number of carbonyl (C=O) groups excluding carboxylic acids is 1. The lowest BCUT2D eigenvalue weighted by atomic mass is 10.1. The lowest BCUT2D eigenvalue weighted by molar-refractivity contribution is -0.125. The van der Waals surface area contributed by atoms with Gasteiger partial charge in [-0.25, -0.2) is 4.39 Å². The lowest BCUT2D eigenvalue weighted by Crippen LogP contribution is -2.28. The van der Waals surface area contributed by atoms with Crippen molar-refractivity contribution in [3.63, 3.8) is 0 Å². The average Bonchev–Trinajstić information content (AvgIpc) is 2.24. The van der Waals surface area contributed by atoms with Gasteiger partial charge < -0.3 is 10.8 Å². The number of rotatable bonds is 6. The first-order valence-corrected chi connectivity index (χ1v) is 4.66. The van der Waals surface area contributed by atoms with Crippen LogP contribution in [0.5, 0.6) is 0 Å². The Morgan fingerprint density at radius 3 is 2.88 bits per heavy atom. The van der Waals surface area contributed by atoms with Gasteiger partial charge in [0.25, 0.3) is 0 Å². The van der Waals surface area contributed by atoms with Crippen molar-refractivity contribution in [2.24, 2.45) is 5.73 Å². The summed E-state index contributed by atoms with van der Waals surface area (Å²) < 4.78 is 13.2. The second-order valence-electron chi connectivity index (χ2n) is 3.14. The molecule has 1 aromatic carbocycles. The van der Waals surface area contributed by atoms with Crippen molar-refractivity contribution in [1.29, 1.82) is 0 Å². The Bertz CT molecular complexity index is 360. The predicted octanol–water partition coefficient (Wildman–Crippen LogP) is -0.134. The van der Waals surface area contributed by atoms with Gasteiger partial charge in [0.15, 0.2) is 0 Å². The first kappa shape index (κ1) is 12.6. The molecule has 0 aliphatic rings. The van der Waals surface area contributed by atoms with E-state index in [0.29, 0.717) is 0 Å². The van der Waals surface area contributed by atoms with Crippen LogP contribution in [0.3, 0.4) is 0 Å². The van der Waals surface area contributed by atoms with E-state index in [-0.39, 0.29) is 18.7 Å². The van der Waals surface area contributed by atoms with Gasteiger partial charge in [-0.1, -0.05) is 18.2 Å². The van der Waals surface area contributed by atoms with Gasteiger partial charge >= 0.3 is 0 Å². The molecule has 6 heteroatoms. The molecule has 1 unspecified atom stereocenters.